The van der Waals surface area contributed by atoms with Crippen LogP contribution in [0.25, 0.3) is 11.0 Å². The van der Waals surface area contributed by atoms with Crippen LogP contribution < -0.4 is 20.2 Å². The number of carbonyl (C=O) groups excluding carboxylic acids is 1. The summed E-state index contributed by atoms with van der Waals surface area (Å²) in [4.78, 5) is 11.8. The van der Waals surface area contributed by atoms with Crippen molar-refractivity contribution < 1.29 is 14.3 Å². The highest BCUT2D eigenvalue weighted by Crippen LogP contribution is 2.10. The Morgan fingerprint density at radius 3 is 2.43 bits per heavy atom. The van der Waals surface area contributed by atoms with Gasteiger partial charge in [-0.05, 0) is 18.1 Å². The van der Waals surface area contributed by atoms with Gasteiger partial charge in [-0.25, -0.2) is 10.2 Å². The van der Waals surface area contributed by atoms with Gasteiger partial charge in [0.25, 0.3) is 22.4 Å². The number of nitrogens with one attached hydrogen (secondary N) is 2. The van der Waals surface area contributed by atoms with Gasteiger partial charge in [-0.3, -0.25) is 0 Å². The zero-order valence-electron chi connectivity index (χ0n) is 15.7. The number of nitrogens with zero attached hydrogens (tertiary/aromatic N) is 3. The van der Waals surface area contributed by atoms with Gasteiger partial charge < -0.3 is 15.7 Å². The first kappa shape index (κ1) is 19.1. The standard InChI is InChI=1S/C20H21N5O3/c1-14-15(2)25(28)19-12-17(8-9-18(19)24(14)27)13-22-23-20(26)21-11-10-16-6-4-3-5-7-16/h3-9,12-13H,10-11H2,1-2H3,(H2,21,23,26)/b22-13+. The molecular weight excluding hydrogens is 358 g/mol. The SMILES string of the molecule is Cc1c(C)[n+]([O-])c2cc(/C=N/NC(=O)NCCc3ccccc3)ccc2[n+]1[O-]. The number of urea groups is 1. The second-order valence-electron chi connectivity index (χ2n) is 6.37. The predicted molar refractivity (Wildman–Crippen MR) is 106 cm³/mol. The molecule has 0 aliphatic carbocycles. The Labute approximate surface area is 162 Å². The van der Waals surface area contributed by atoms with E-state index in [2.05, 4.69) is 15.8 Å². The zero-order valence-corrected chi connectivity index (χ0v) is 15.7. The molecule has 0 aliphatic rings. The second kappa shape index (κ2) is 8.34. The molecule has 0 unspecified atom stereocenters. The first-order chi connectivity index (χ1) is 13.5. The van der Waals surface area contributed by atoms with Crippen molar-refractivity contribution in [1.82, 2.24) is 10.7 Å². The van der Waals surface area contributed by atoms with E-state index < -0.39 is 6.03 Å². The molecule has 2 aromatic carbocycles. The average molecular weight is 379 g/mol. The summed E-state index contributed by atoms with van der Waals surface area (Å²) in [5, 5.41) is 31.1. The summed E-state index contributed by atoms with van der Waals surface area (Å²) in [6.07, 6.45) is 2.14. The highest BCUT2D eigenvalue weighted by molar-refractivity contribution is 5.86. The summed E-state index contributed by atoms with van der Waals surface area (Å²) < 4.78 is 1.46. The minimum absolute atomic E-state index is 0.245. The normalized spacial score (nSPS) is 11.1. The lowest BCUT2D eigenvalue weighted by molar-refractivity contribution is -0.638. The van der Waals surface area contributed by atoms with Crippen LogP contribution in [-0.4, -0.2) is 18.8 Å². The van der Waals surface area contributed by atoms with Crippen molar-refractivity contribution in [3.05, 3.63) is 81.5 Å². The van der Waals surface area contributed by atoms with Crippen molar-refractivity contribution in [2.45, 2.75) is 20.3 Å². The van der Waals surface area contributed by atoms with Gasteiger partial charge in [0.2, 0.25) is 0 Å². The van der Waals surface area contributed by atoms with Gasteiger partial charge in [-0.15, -0.1) is 0 Å². The van der Waals surface area contributed by atoms with E-state index in [4.69, 9.17) is 0 Å². The molecule has 0 aliphatic heterocycles. The van der Waals surface area contributed by atoms with Crippen LogP contribution in [0.2, 0.25) is 0 Å². The Morgan fingerprint density at radius 1 is 1.04 bits per heavy atom. The third-order valence-electron chi connectivity index (χ3n) is 4.49. The molecule has 0 saturated carbocycles. The van der Waals surface area contributed by atoms with E-state index in [0.717, 1.165) is 21.4 Å². The third kappa shape index (κ3) is 4.17. The topological polar surface area (TPSA) is 107 Å². The monoisotopic (exact) mass is 379 g/mol. The van der Waals surface area contributed by atoms with Gasteiger partial charge in [0.15, 0.2) is 0 Å². The first-order valence-electron chi connectivity index (χ1n) is 8.84. The summed E-state index contributed by atoms with van der Waals surface area (Å²) in [6.45, 7) is 3.68. The summed E-state index contributed by atoms with van der Waals surface area (Å²) >= 11 is 0. The second-order valence-corrected chi connectivity index (χ2v) is 6.37. The lowest BCUT2D eigenvalue weighted by atomic mass is 10.1. The molecule has 0 atom stereocenters. The Balaban J connectivity index is 1.61. The molecule has 8 heteroatoms. The van der Waals surface area contributed by atoms with Crippen molar-refractivity contribution >= 4 is 23.3 Å². The maximum absolute atomic E-state index is 12.3. The summed E-state index contributed by atoms with van der Waals surface area (Å²) in [5.74, 6) is 0. The van der Waals surface area contributed by atoms with Crippen LogP contribution in [0.3, 0.4) is 0 Å². The quantitative estimate of drug-likeness (QED) is 0.304. The van der Waals surface area contributed by atoms with E-state index in [0.29, 0.717) is 23.5 Å². The van der Waals surface area contributed by atoms with Crippen molar-refractivity contribution in [2.24, 2.45) is 5.10 Å². The molecular formula is C20H21N5O3. The van der Waals surface area contributed by atoms with E-state index in [1.54, 1.807) is 32.0 Å². The van der Waals surface area contributed by atoms with Crippen LogP contribution in [0, 0.1) is 24.3 Å². The minimum Gasteiger partial charge on any atom is -0.618 e. The van der Waals surface area contributed by atoms with Crippen LogP contribution in [0.4, 0.5) is 4.79 Å². The summed E-state index contributed by atoms with van der Waals surface area (Å²) in [6, 6.07) is 14.2. The van der Waals surface area contributed by atoms with E-state index in [1.165, 1.54) is 6.21 Å². The van der Waals surface area contributed by atoms with Gasteiger partial charge in [0.1, 0.15) is 0 Å². The summed E-state index contributed by atoms with van der Waals surface area (Å²) in [5.41, 5.74) is 5.32. The van der Waals surface area contributed by atoms with E-state index in [-0.39, 0.29) is 11.0 Å². The Kier molecular flexibility index (Phi) is 5.69. The van der Waals surface area contributed by atoms with Gasteiger partial charge in [0, 0.05) is 38.1 Å². The fraction of sp³-hybridized carbons (Fsp3) is 0.200. The number of hydrazone groups is 1. The van der Waals surface area contributed by atoms with E-state index >= 15 is 0 Å². The summed E-state index contributed by atoms with van der Waals surface area (Å²) in [7, 11) is 0. The lowest BCUT2D eigenvalue weighted by Gasteiger charge is -2.09. The molecule has 0 radical (unpaired) electrons. The highest BCUT2D eigenvalue weighted by Gasteiger charge is 2.21. The number of aromatic nitrogens is 2. The van der Waals surface area contributed by atoms with Gasteiger partial charge in [-0.2, -0.15) is 14.6 Å². The number of amides is 2. The molecule has 144 valence electrons. The maximum atomic E-state index is 12.3. The molecule has 1 aromatic heterocycles. The fourth-order valence-electron chi connectivity index (χ4n) is 2.78. The fourth-order valence-corrected chi connectivity index (χ4v) is 2.78. The number of hydrogen-bond acceptors (Lipinski definition) is 4. The molecule has 2 amide bonds. The largest absolute Gasteiger partial charge is 0.618 e. The number of carbonyl (C=O) groups is 1. The molecule has 1 heterocycles. The Hall–Kier alpha value is -3.68. The van der Waals surface area contributed by atoms with Gasteiger partial charge in [-0.1, -0.05) is 30.3 Å². The van der Waals surface area contributed by atoms with Crippen molar-refractivity contribution in [3.8, 4) is 0 Å². The molecule has 0 saturated heterocycles. The zero-order chi connectivity index (χ0) is 20.1. The molecule has 0 spiro atoms. The molecule has 3 rings (SSSR count). The van der Waals surface area contributed by atoms with Crippen molar-refractivity contribution in [3.63, 3.8) is 0 Å². The number of benzene rings is 2. The maximum Gasteiger partial charge on any atom is 0.335 e. The molecule has 28 heavy (non-hydrogen) atoms. The van der Waals surface area contributed by atoms with Crippen LogP contribution in [-0.2, 0) is 6.42 Å². The van der Waals surface area contributed by atoms with Gasteiger partial charge in [0.05, 0.1) is 6.21 Å². The lowest BCUT2D eigenvalue weighted by Crippen LogP contribution is -2.43. The van der Waals surface area contributed by atoms with Crippen LogP contribution in [0.15, 0.2) is 53.6 Å². The number of rotatable bonds is 5. The number of hydrogen-bond donors (Lipinski definition) is 2. The highest BCUT2D eigenvalue weighted by atomic mass is 16.5. The Bertz CT molecular complexity index is 1040. The van der Waals surface area contributed by atoms with Crippen molar-refractivity contribution in [2.75, 3.05) is 6.54 Å². The molecule has 0 bridgehead atoms. The Morgan fingerprint density at radius 2 is 1.71 bits per heavy atom. The first-order valence-corrected chi connectivity index (χ1v) is 8.84. The van der Waals surface area contributed by atoms with E-state index in [9.17, 15) is 15.2 Å². The smallest absolute Gasteiger partial charge is 0.335 e. The predicted octanol–water partition coefficient (Wildman–Crippen LogP) is 1.60. The van der Waals surface area contributed by atoms with Crippen molar-refractivity contribution in [1.29, 1.82) is 0 Å². The van der Waals surface area contributed by atoms with E-state index in [1.807, 2.05) is 30.3 Å². The molecule has 0 fully saturated rings. The van der Waals surface area contributed by atoms with Crippen LogP contribution >= 0.6 is 0 Å². The number of fused-ring (bicyclic) bond motifs is 1. The third-order valence-corrected chi connectivity index (χ3v) is 4.49. The van der Waals surface area contributed by atoms with Crippen LogP contribution in [0.1, 0.15) is 22.5 Å². The molecule has 8 nitrogen and oxygen atoms in total. The van der Waals surface area contributed by atoms with Crippen LogP contribution in [0.5, 0.6) is 0 Å². The molecule has 2 N–H and O–H groups in total. The minimum atomic E-state index is -0.421. The average Bonchev–Trinajstić information content (AvgIpc) is 2.71. The molecule has 3 aromatic rings. The van der Waals surface area contributed by atoms with Gasteiger partial charge >= 0.3 is 6.03 Å².